The summed E-state index contributed by atoms with van der Waals surface area (Å²) in [6.45, 7) is 1.15. The average Bonchev–Trinajstić information content (AvgIpc) is 2.71. The van der Waals surface area contributed by atoms with Crippen molar-refractivity contribution in [3.63, 3.8) is 0 Å². The summed E-state index contributed by atoms with van der Waals surface area (Å²) < 4.78 is 53.3. The summed E-state index contributed by atoms with van der Waals surface area (Å²) in [5.74, 6) is -1.75. The van der Waals surface area contributed by atoms with Crippen molar-refractivity contribution in [3.05, 3.63) is 29.8 Å². The Bertz CT molecular complexity index is 735. The Morgan fingerprint density at radius 3 is 2.42 bits per heavy atom. The molecule has 2 aliphatic rings. The maximum absolute atomic E-state index is 13.9. The second kappa shape index (κ2) is 6.76. The third kappa shape index (κ3) is 3.30. The summed E-state index contributed by atoms with van der Waals surface area (Å²) in [5, 5.41) is 0. The Kier molecular flexibility index (Phi) is 4.87. The van der Waals surface area contributed by atoms with Gasteiger partial charge in [-0.3, -0.25) is 4.79 Å². The number of rotatable bonds is 3. The van der Waals surface area contributed by atoms with Crippen LogP contribution >= 0.6 is 0 Å². The quantitative estimate of drug-likeness (QED) is 0.830. The molecule has 1 aliphatic heterocycles. The molecule has 0 unspecified atom stereocenters. The molecule has 8 heteroatoms. The summed E-state index contributed by atoms with van der Waals surface area (Å²) in [6, 6.07) is 2.44. The van der Waals surface area contributed by atoms with Crippen LogP contribution in [0.4, 0.5) is 8.78 Å². The van der Waals surface area contributed by atoms with Gasteiger partial charge in [-0.1, -0.05) is 6.42 Å². The van der Waals surface area contributed by atoms with Gasteiger partial charge in [-0.05, 0) is 31.4 Å². The van der Waals surface area contributed by atoms with Crippen molar-refractivity contribution >= 4 is 15.9 Å². The van der Waals surface area contributed by atoms with Gasteiger partial charge in [0.2, 0.25) is 15.9 Å². The second-order valence-corrected chi connectivity index (χ2v) is 8.19. The summed E-state index contributed by atoms with van der Waals surface area (Å²) in [7, 11) is -4.04. The largest absolute Gasteiger partial charge is 0.341 e. The number of benzene rings is 1. The van der Waals surface area contributed by atoms with Gasteiger partial charge < -0.3 is 4.90 Å². The minimum atomic E-state index is -4.04. The molecule has 5 nitrogen and oxygen atoms in total. The second-order valence-electron chi connectivity index (χ2n) is 6.29. The van der Waals surface area contributed by atoms with E-state index < -0.39 is 26.6 Å². The van der Waals surface area contributed by atoms with Crippen LogP contribution in [0.1, 0.15) is 25.7 Å². The van der Waals surface area contributed by atoms with E-state index in [1.165, 1.54) is 4.31 Å². The third-order valence-corrected chi connectivity index (χ3v) is 6.66. The van der Waals surface area contributed by atoms with Crippen LogP contribution in [0.15, 0.2) is 23.1 Å². The number of carbonyl (C=O) groups excluding carboxylic acids is 1. The van der Waals surface area contributed by atoms with Gasteiger partial charge in [0.15, 0.2) is 0 Å². The smallest absolute Gasteiger partial charge is 0.246 e. The minimum absolute atomic E-state index is 0.0719. The van der Waals surface area contributed by atoms with Crippen molar-refractivity contribution in [3.8, 4) is 0 Å². The molecule has 3 rings (SSSR count). The van der Waals surface area contributed by atoms with E-state index in [4.69, 9.17) is 0 Å². The highest BCUT2D eigenvalue weighted by Crippen LogP contribution is 2.29. The van der Waals surface area contributed by atoms with Gasteiger partial charge in [0.25, 0.3) is 0 Å². The first-order valence-electron chi connectivity index (χ1n) is 8.13. The van der Waals surface area contributed by atoms with Crippen LogP contribution < -0.4 is 0 Å². The van der Waals surface area contributed by atoms with Gasteiger partial charge in [-0.2, -0.15) is 4.31 Å². The van der Waals surface area contributed by atoms with Crippen molar-refractivity contribution in [2.75, 3.05) is 26.2 Å². The molecule has 1 saturated heterocycles. The molecular weight excluding hydrogens is 338 g/mol. The summed E-state index contributed by atoms with van der Waals surface area (Å²) >= 11 is 0. The summed E-state index contributed by atoms with van der Waals surface area (Å²) in [6.07, 6.45) is 3.37. The molecular formula is C16H20F2N2O3S. The van der Waals surface area contributed by atoms with E-state index in [0.29, 0.717) is 25.6 Å². The molecule has 1 aromatic carbocycles. The third-order valence-electron chi connectivity index (χ3n) is 4.73. The molecule has 0 aromatic heterocycles. The van der Waals surface area contributed by atoms with E-state index in [1.54, 1.807) is 4.90 Å². The lowest BCUT2D eigenvalue weighted by Crippen LogP contribution is -2.41. The van der Waals surface area contributed by atoms with Crippen LogP contribution in [0, 0.1) is 17.6 Å². The number of nitrogens with zero attached hydrogens (tertiary/aromatic N) is 2. The molecule has 0 radical (unpaired) electrons. The number of sulfonamides is 1. The van der Waals surface area contributed by atoms with Crippen molar-refractivity contribution < 1.29 is 22.0 Å². The first-order valence-corrected chi connectivity index (χ1v) is 9.57. The molecule has 0 N–H and O–H groups in total. The zero-order chi connectivity index (χ0) is 17.3. The number of hydrogen-bond acceptors (Lipinski definition) is 3. The van der Waals surface area contributed by atoms with Crippen LogP contribution in [0.2, 0.25) is 0 Å². The number of halogens is 2. The fourth-order valence-corrected chi connectivity index (χ4v) is 4.61. The van der Waals surface area contributed by atoms with E-state index >= 15 is 0 Å². The topological polar surface area (TPSA) is 57.7 Å². The van der Waals surface area contributed by atoms with E-state index in [0.717, 1.165) is 31.4 Å². The Morgan fingerprint density at radius 2 is 1.79 bits per heavy atom. The Morgan fingerprint density at radius 1 is 1.04 bits per heavy atom. The molecule has 2 fully saturated rings. The fourth-order valence-electron chi connectivity index (χ4n) is 3.09. The predicted molar refractivity (Wildman–Crippen MR) is 83.7 cm³/mol. The molecule has 0 atom stereocenters. The van der Waals surface area contributed by atoms with E-state index in [9.17, 15) is 22.0 Å². The molecule has 1 heterocycles. The number of hydrogen-bond donors (Lipinski definition) is 0. The van der Waals surface area contributed by atoms with Gasteiger partial charge in [-0.25, -0.2) is 17.2 Å². The number of carbonyl (C=O) groups is 1. The molecule has 0 spiro atoms. The molecule has 1 aliphatic carbocycles. The summed E-state index contributed by atoms with van der Waals surface area (Å²) in [5.41, 5.74) is 0. The lowest BCUT2D eigenvalue weighted by molar-refractivity contribution is -0.138. The standard InChI is InChI=1S/C16H20F2N2O3S/c17-13-5-6-15(14(18)11-13)24(22,23)20-8-2-7-19(9-10-20)16(21)12-3-1-4-12/h5-6,11-12H,1-4,7-10H2. The zero-order valence-electron chi connectivity index (χ0n) is 13.2. The number of amides is 1. The van der Waals surface area contributed by atoms with E-state index in [-0.39, 0.29) is 24.9 Å². The van der Waals surface area contributed by atoms with Crippen LogP contribution in [-0.2, 0) is 14.8 Å². The zero-order valence-corrected chi connectivity index (χ0v) is 14.1. The lowest BCUT2D eigenvalue weighted by Gasteiger charge is -2.31. The monoisotopic (exact) mass is 358 g/mol. The van der Waals surface area contributed by atoms with Crippen LogP contribution in [0.5, 0.6) is 0 Å². The van der Waals surface area contributed by atoms with Crippen molar-refractivity contribution in [1.82, 2.24) is 9.21 Å². The molecule has 0 bridgehead atoms. The highest BCUT2D eigenvalue weighted by atomic mass is 32.2. The van der Waals surface area contributed by atoms with Gasteiger partial charge in [-0.15, -0.1) is 0 Å². The van der Waals surface area contributed by atoms with Crippen LogP contribution in [-0.4, -0.2) is 49.7 Å². The summed E-state index contributed by atoms with van der Waals surface area (Å²) in [4.78, 5) is 13.5. The molecule has 1 saturated carbocycles. The molecule has 1 amide bonds. The van der Waals surface area contributed by atoms with Crippen molar-refractivity contribution in [2.24, 2.45) is 5.92 Å². The normalized spacial score (nSPS) is 20.5. The van der Waals surface area contributed by atoms with Gasteiger partial charge in [0.1, 0.15) is 16.5 Å². The SMILES string of the molecule is O=C(C1CCC1)N1CCCN(S(=O)(=O)c2ccc(F)cc2F)CC1. The first kappa shape index (κ1) is 17.3. The predicted octanol–water partition coefficient (Wildman–Crippen LogP) is 1.99. The molecule has 132 valence electrons. The lowest BCUT2D eigenvalue weighted by atomic mass is 9.84. The van der Waals surface area contributed by atoms with Gasteiger partial charge in [0, 0.05) is 38.2 Å². The van der Waals surface area contributed by atoms with Gasteiger partial charge >= 0.3 is 0 Å². The van der Waals surface area contributed by atoms with E-state index in [2.05, 4.69) is 0 Å². The van der Waals surface area contributed by atoms with Gasteiger partial charge in [0.05, 0.1) is 0 Å². The van der Waals surface area contributed by atoms with Crippen molar-refractivity contribution in [2.45, 2.75) is 30.6 Å². The Hall–Kier alpha value is -1.54. The highest BCUT2D eigenvalue weighted by Gasteiger charge is 2.33. The van der Waals surface area contributed by atoms with Crippen molar-refractivity contribution in [1.29, 1.82) is 0 Å². The van der Waals surface area contributed by atoms with Crippen LogP contribution in [0.3, 0.4) is 0 Å². The maximum atomic E-state index is 13.9. The first-order chi connectivity index (χ1) is 11.4. The maximum Gasteiger partial charge on any atom is 0.246 e. The fraction of sp³-hybridized carbons (Fsp3) is 0.562. The minimum Gasteiger partial charge on any atom is -0.341 e. The Labute approximate surface area is 140 Å². The van der Waals surface area contributed by atoms with Crippen LogP contribution in [0.25, 0.3) is 0 Å². The highest BCUT2D eigenvalue weighted by molar-refractivity contribution is 7.89. The Balaban J connectivity index is 1.73. The molecule has 1 aromatic rings. The van der Waals surface area contributed by atoms with E-state index in [1.807, 2.05) is 0 Å². The molecule has 24 heavy (non-hydrogen) atoms. The average molecular weight is 358 g/mol.